The molecule has 4 rings (SSSR count). The van der Waals surface area contributed by atoms with Gasteiger partial charge in [0, 0.05) is 46.4 Å². The molecule has 0 aliphatic rings. The standard InChI is InChI=1S/C19H24O3.C15H16O2/c1-20-13-5-14-21-15-6-16-22-19-11-9-18(10-12-19)17-7-3-2-4-8-17;16-10-5-11-17-15-9-4-8-14(12-15)13-6-2-1-3-7-13/h2-4,7-12H,5-6,13-16H2,1H3;1-4,6-9,12,16H,5,10-11H2. The predicted octanol–water partition coefficient (Wildman–Crippen LogP) is 7.29. The van der Waals surface area contributed by atoms with E-state index in [1.807, 2.05) is 66.7 Å². The molecule has 39 heavy (non-hydrogen) atoms. The summed E-state index contributed by atoms with van der Waals surface area (Å²) in [5.41, 5.74) is 4.75. The van der Waals surface area contributed by atoms with Crippen molar-refractivity contribution in [2.45, 2.75) is 19.3 Å². The van der Waals surface area contributed by atoms with E-state index in [1.54, 1.807) is 7.11 Å². The molecule has 206 valence electrons. The lowest BCUT2D eigenvalue weighted by atomic mass is 10.1. The summed E-state index contributed by atoms with van der Waals surface area (Å²) in [5, 5.41) is 8.70. The van der Waals surface area contributed by atoms with Gasteiger partial charge in [0.25, 0.3) is 0 Å². The molecule has 0 aromatic heterocycles. The summed E-state index contributed by atoms with van der Waals surface area (Å²) in [4.78, 5) is 0. The van der Waals surface area contributed by atoms with Gasteiger partial charge in [0.1, 0.15) is 11.5 Å². The number of benzene rings is 4. The molecule has 5 heteroatoms. The highest BCUT2D eigenvalue weighted by molar-refractivity contribution is 5.65. The normalized spacial score (nSPS) is 10.4. The fourth-order valence-electron chi connectivity index (χ4n) is 3.78. The molecule has 0 amide bonds. The maximum atomic E-state index is 8.70. The van der Waals surface area contributed by atoms with Crippen molar-refractivity contribution in [2.75, 3.05) is 46.8 Å². The molecular formula is C34H40O5. The second kappa shape index (κ2) is 18.6. The largest absolute Gasteiger partial charge is 0.494 e. The van der Waals surface area contributed by atoms with Crippen LogP contribution >= 0.6 is 0 Å². The Morgan fingerprint density at radius 3 is 1.67 bits per heavy atom. The Labute approximate surface area is 233 Å². The van der Waals surface area contributed by atoms with Gasteiger partial charge in [-0.3, -0.25) is 0 Å². The number of hydrogen-bond donors (Lipinski definition) is 1. The molecule has 0 unspecified atom stereocenters. The van der Waals surface area contributed by atoms with Crippen molar-refractivity contribution in [3.8, 4) is 33.8 Å². The summed E-state index contributed by atoms with van der Waals surface area (Å²) in [6, 6.07) is 36.8. The molecule has 0 bridgehead atoms. The van der Waals surface area contributed by atoms with Crippen LogP contribution < -0.4 is 9.47 Å². The topological polar surface area (TPSA) is 57.2 Å². The molecule has 0 saturated heterocycles. The summed E-state index contributed by atoms with van der Waals surface area (Å²) in [5.74, 6) is 1.75. The van der Waals surface area contributed by atoms with Crippen LogP contribution in [-0.4, -0.2) is 51.9 Å². The van der Waals surface area contributed by atoms with E-state index < -0.39 is 0 Å². The molecule has 4 aromatic carbocycles. The fourth-order valence-corrected chi connectivity index (χ4v) is 3.78. The Hall–Kier alpha value is -3.64. The number of aliphatic hydroxyl groups excluding tert-OH is 1. The first-order chi connectivity index (χ1) is 19.3. The van der Waals surface area contributed by atoms with Gasteiger partial charge in [-0.15, -0.1) is 0 Å². The van der Waals surface area contributed by atoms with Crippen LogP contribution in [-0.2, 0) is 9.47 Å². The van der Waals surface area contributed by atoms with E-state index in [-0.39, 0.29) is 6.61 Å². The van der Waals surface area contributed by atoms with Crippen LogP contribution in [0.4, 0.5) is 0 Å². The molecule has 0 aliphatic carbocycles. The Bertz CT molecular complexity index is 1150. The number of methoxy groups -OCH3 is 1. The van der Waals surface area contributed by atoms with Gasteiger partial charge >= 0.3 is 0 Å². The summed E-state index contributed by atoms with van der Waals surface area (Å²) in [7, 11) is 1.71. The van der Waals surface area contributed by atoms with Crippen molar-refractivity contribution >= 4 is 0 Å². The molecule has 5 nitrogen and oxygen atoms in total. The van der Waals surface area contributed by atoms with Crippen LogP contribution in [0.3, 0.4) is 0 Å². The maximum Gasteiger partial charge on any atom is 0.119 e. The van der Waals surface area contributed by atoms with Crippen LogP contribution in [0.15, 0.2) is 109 Å². The summed E-state index contributed by atoms with van der Waals surface area (Å²) in [6.07, 6.45) is 2.50. The number of hydrogen-bond acceptors (Lipinski definition) is 5. The van der Waals surface area contributed by atoms with Crippen LogP contribution in [0, 0.1) is 0 Å². The fraction of sp³-hybridized carbons (Fsp3) is 0.294. The van der Waals surface area contributed by atoms with E-state index in [9.17, 15) is 0 Å². The third-order valence-corrected chi connectivity index (χ3v) is 5.81. The second-order valence-electron chi connectivity index (χ2n) is 8.87. The molecule has 1 N–H and O–H groups in total. The van der Waals surface area contributed by atoms with E-state index >= 15 is 0 Å². The molecule has 0 heterocycles. The van der Waals surface area contributed by atoms with Gasteiger partial charge in [0.15, 0.2) is 0 Å². The SMILES string of the molecule is COCCCOCCCOc1ccc(-c2ccccc2)cc1.OCCCOc1cccc(-c2ccccc2)c1. The Morgan fingerprint density at radius 1 is 0.487 bits per heavy atom. The zero-order valence-electron chi connectivity index (χ0n) is 22.8. The lowest BCUT2D eigenvalue weighted by molar-refractivity contribution is 0.0940. The monoisotopic (exact) mass is 528 g/mol. The maximum absolute atomic E-state index is 8.70. The highest BCUT2D eigenvalue weighted by Crippen LogP contribution is 2.24. The van der Waals surface area contributed by atoms with Crippen LogP contribution in [0.1, 0.15) is 19.3 Å². The Balaban J connectivity index is 0.000000223. The summed E-state index contributed by atoms with van der Waals surface area (Å²) in [6.45, 7) is 3.62. The van der Waals surface area contributed by atoms with Crippen LogP contribution in [0.5, 0.6) is 11.5 Å². The third-order valence-electron chi connectivity index (χ3n) is 5.81. The quantitative estimate of drug-likeness (QED) is 0.164. The second-order valence-corrected chi connectivity index (χ2v) is 8.87. The zero-order chi connectivity index (χ0) is 27.4. The first-order valence-corrected chi connectivity index (χ1v) is 13.5. The first kappa shape index (κ1) is 29.9. The van der Waals surface area contributed by atoms with Gasteiger partial charge in [0.2, 0.25) is 0 Å². The Kier molecular flexibility index (Phi) is 14.3. The van der Waals surface area contributed by atoms with Crippen molar-refractivity contribution in [3.05, 3.63) is 109 Å². The smallest absolute Gasteiger partial charge is 0.119 e. The van der Waals surface area contributed by atoms with Crippen molar-refractivity contribution in [1.29, 1.82) is 0 Å². The van der Waals surface area contributed by atoms with Gasteiger partial charge in [0.05, 0.1) is 13.2 Å². The van der Waals surface area contributed by atoms with Crippen LogP contribution in [0.25, 0.3) is 22.3 Å². The highest BCUT2D eigenvalue weighted by Gasteiger charge is 2.00. The lowest BCUT2D eigenvalue weighted by Crippen LogP contribution is -2.05. The summed E-state index contributed by atoms with van der Waals surface area (Å²) < 4.78 is 21.7. The minimum atomic E-state index is 0.165. The minimum Gasteiger partial charge on any atom is -0.494 e. The molecule has 0 atom stereocenters. The van der Waals surface area contributed by atoms with Gasteiger partial charge in [-0.25, -0.2) is 0 Å². The molecule has 0 aliphatic heterocycles. The average Bonchev–Trinajstić information content (AvgIpc) is 3.00. The van der Waals surface area contributed by atoms with Crippen molar-refractivity contribution in [3.63, 3.8) is 0 Å². The summed E-state index contributed by atoms with van der Waals surface area (Å²) >= 11 is 0. The molecular weight excluding hydrogens is 488 g/mol. The lowest BCUT2D eigenvalue weighted by Gasteiger charge is -2.08. The number of rotatable bonds is 15. The number of aliphatic hydroxyl groups is 1. The first-order valence-electron chi connectivity index (χ1n) is 13.5. The zero-order valence-corrected chi connectivity index (χ0v) is 22.8. The van der Waals surface area contributed by atoms with Gasteiger partial charge < -0.3 is 24.1 Å². The minimum absolute atomic E-state index is 0.165. The van der Waals surface area contributed by atoms with E-state index in [0.29, 0.717) is 19.6 Å². The van der Waals surface area contributed by atoms with Gasteiger partial charge in [-0.1, -0.05) is 84.9 Å². The van der Waals surface area contributed by atoms with Crippen molar-refractivity contribution < 1.29 is 24.1 Å². The van der Waals surface area contributed by atoms with E-state index in [2.05, 4.69) is 42.5 Å². The average molecular weight is 529 g/mol. The molecule has 4 aromatic rings. The van der Waals surface area contributed by atoms with Crippen molar-refractivity contribution in [1.82, 2.24) is 0 Å². The van der Waals surface area contributed by atoms with E-state index in [1.165, 1.54) is 16.7 Å². The molecule has 0 saturated carbocycles. The third kappa shape index (κ3) is 11.7. The van der Waals surface area contributed by atoms with E-state index in [4.69, 9.17) is 24.1 Å². The Morgan fingerprint density at radius 2 is 1.03 bits per heavy atom. The van der Waals surface area contributed by atoms with Crippen molar-refractivity contribution in [2.24, 2.45) is 0 Å². The number of ether oxygens (including phenoxy) is 4. The predicted molar refractivity (Wildman–Crippen MR) is 158 cm³/mol. The highest BCUT2D eigenvalue weighted by atomic mass is 16.5. The molecule has 0 spiro atoms. The molecule has 0 fully saturated rings. The van der Waals surface area contributed by atoms with Gasteiger partial charge in [-0.05, 0) is 52.9 Å². The van der Waals surface area contributed by atoms with Gasteiger partial charge in [-0.2, -0.15) is 0 Å². The van der Waals surface area contributed by atoms with Crippen LogP contribution in [0.2, 0.25) is 0 Å². The van der Waals surface area contributed by atoms with E-state index in [0.717, 1.165) is 49.7 Å². The molecule has 0 radical (unpaired) electrons.